The second-order valence-corrected chi connectivity index (χ2v) is 22.8. The highest BCUT2D eigenvalue weighted by Gasteiger charge is 2.59. The summed E-state index contributed by atoms with van der Waals surface area (Å²) in [5.41, 5.74) is 13.2. The van der Waals surface area contributed by atoms with Crippen molar-refractivity contribution < 1.29 is 4.74 Å². The van der Waals surface area contributed by atoms with Gasteiger partial charge in [0.15, 0.2) is 0 Å². The van der Waals surface area contributed by atoms with Crippen molar-refractivity contribution in [1.82, 2.24) is 9.47 Å². The molecular formula is C51H70N2O. The maximum absolute atomic E-state index is 6.97. The fraction of sp³-hybridized carbons (Fsp3) is 0.725. The predicted octanol–water partition coefficient (Wildman–Crippen LogP) is 12.8. The number of aromatic nitrogens is 1. The zero-order chi connectivity index (χ0) is 37.1. The van der Waals surface area contributed by atoms with Crippen LogP contribution in [0.15, 0.2) is 59.2 Å². The molecule has 0 amide bonds. The van der Waals surface area contributed by atoms with Gasteiger partial charge in [-0.25, -0.2) is 0 Å². The molecule has 3 aliphatic heterocycles. The van der Waals surface area contributed by atoms with Crippen LogP contribution >= 0.6 is 0 Å². The smallest absolute Gasteiger partial charge is 0.107 e. The molecule has 3 nitrogen and oxygen atoms in total. The zero-order valence-corrected chi connectivity index (χ0v) is 35.1. The molecule has 10 aliphatic rings. The van der Waals surface area contributed by atoms with Crippen molar-refractivity contribution in [2.45, 2.75) is 181 Å². The fourth-order valence-corrected chi connectivity index (χ4v) is 15.2. The molecule has 0 spiro atoms. The number of rotatable bonds is 1. The molecule has 12 atom stereocenters. The number of likely N-dealkylation sites (tertiary alicyclic amines) is 1. The first kappa shape index (κ1) is 34.8. The van der Waals surface area contributed by atoms with E-state index in [-0.39, 0.29) is 16.2 Å². The molecule has 12 unspecified atom stereocenters. The van der Waals surface area contributed by atoms with Crippen molar-refractivity contribution in [3.63, 3.8) is 0 Å². The molecule has 4 heterocycles. The summed E-state index contributed by atoms with van der Waals surface area (Å²) in [7, 11) is 0. The van der Waals surface area contributed by atoms with Gasteiger partial charge in [0.25, 0.3) is 0 Å². The molecular weight excluding hydrogens is 657 g/mol. The number of nitrogens with zero attached hydrogens (tertiary/aromatic N) is 2. The van der Waals surface area contributed by atoms with Crippen LogP contribution in [0.4, 0.5) is 0 Å². The molecule has 2 bridgehead atoms. The summed E-state index contributed by atoms with van der Waals surface area (Å²) in [6, 6.07) is 0.921. The second-order valence-electron chi connectivity index (χ2n) is 22.8. The Bertz CT molecular complexity index is 1900. The molecule has 7 aliphatic carbocycles. The van der Waals surface area contributed by atoms with Gasteiger partial charge in [-0.15, -0.1) is 0 Å². The van der Waals surface area contributed by atoms with Gasteiger partial charge < -0.3 is 14.2 Å². The molecule has 2 fully saturated rings. The molecule has 0 saturated carbocycles. The Kier molecular flexibility index (Phi) is 7.61. The van der Waals surface area contributed by atoms with Gasteiger partial charge in [0.1, 0.15) is 6.10 Å². The molecule has 0 radical (unpaired) electrons. The van der Waals surface area contributed by atoms with E-state index in [9.17, 15) is 0 Å². The van der Waals surface area contributed by atoms with E-state index >= 15 is 0 Å². The lowest BCUT2D eigenvalue weighted by Crippen LogP contribution is -2.49. The van der Waals surface area contributed by atoms with Crippen LogP contribution in [0.5, 0.6) is 0 Å². The predicted molar refractivity (Wildman–Crippen MR) is 221 cm³/mol. The average Bonchev–Trinajstić information content (AvgIpc) is 3.69. The first-order valence-electron chi connectivity index (χ1n) is 23.1. The highest BCUT2D eigenvalue weighted by molar-refractivity contribution is 5.61. The van der Waals surface area contributed by atoms with Crippen LogP contribution < -0.4 is 0 Å². The van der Waals surface area contributed by atoms with E-state index in [2.05, 4.69) is 101 Å². The molecule has 54 heavy (non-hydrogen) atoms. The number of fused-ring (bicyclic) bond motifs is 13. The summed E-state index contributed by atoms with van der Waals surface area (Å²) in [6.45, 7) is 20.5. The minimum absolute atomic E-state index is 0.163. The number of hydrogen-bond donors (Lipinski definition) is 0. The lowest BCUT2D eigenvalue weighted by molar-refractivity contribution is 0.0816. The average molecular weight is 727 g/mol. The highest BCUT2D eigenvalue weighted by Crippen LogP contribution is 2.66. The maximum Gasteiger partial charge on any atom is 0.107 e. The fourth-order valence-electron chi connectivity index (χ4n) is 15.2. The van der Waals surface area contributed by atoms with E-state index < -0.39 is 0 Å². The summed E-state index contributed by atoms with van der Waals surface area (Å²) < 4.78 is 10.2. The minimum Gasteiger partial charge on any atom is -0.494 e. The highest BCUT2D eigenvalue weighted by atomic mass is 16.5. The van der Waals surface area contributed by atoms with Crippen LogP contribution in [0.1, 0.15) is 179 Å². The number of allylic oxidation sites excluding steroid dienone is 8. The van der Waals surface area contributed by atoms with Crippen molar-refractivity contribution in [3.8, 4) is 0 Å². The summed E-state index contributed by atoms with van der Waals surface area (Å²) in [4.78, 5) is 3.13. The minimum atomic E-state index is 0.163. The van der Waals surface area contributed by atoms with Gasteiger partial charge in [-0.3, -0.25) is 0 Å². The SMILES string of the molecule is CC1(C)C2=CCCCC2c2c1c1c3n2C2CC(C(C)(C)C)C=C4C2CC(C2CCC(C(C)(C)C)C=C2N4C2C=CCC4OC5=CCCCC5C42)C3CCC1. The normalized spacial score (nSPS) is 41.3. The third-order valence-electron chi connectivity index (χ3n) is 17.7. The Morgan fingerprint density at radius 1 is 0.741 bits per heavy atom. The second kappa shape index (κ2) is 11.8. The zero-order valence-electron chi connectivity index (χ0n) is 35.1. The Labute approximate surface area is 327 Å². The number of ether oxygens (including phenoxy) is 1. The Balaban J connectivity index is 1.17. The molecule has 3 heteroatoms. The summed E-state index contributed by atoms with van der Waals surface area (Å²) >= 11 is 0. The quantitative estimate of drug-likeness (QED) is 0.268. The van der Waals surface area contributed by atoms with Crippen LogP contribution in [0.3, 0.4) is 0 Å². The van der Waals surface area contributed by atoms with E-state index in [1.165, 1.54) is 89.2 Å². The Hall–Kier alpha value is -2.42. The third kappa shape index (κ3) is 4.77. The topological polar surface area (TPSA) is 17.4 Å². The lowest BCUT2D eigenvalue weighted by Gasteiger charge is -2.51. The Morgan fingerprint density at radius 3 is 2.30 bits per heavy atom. The van der Waals surface area contributed by atoms with E-state index in [1.54, 1.807) is 17.0 Å². The standard InChI is InChI=1S/C51H70N2O/c1-49(2,3)29-23-24-31-36-28-37-41(52(40(31)25-29)39-20-14-22-44-45(39)34-16-10-12-21-43(34)54-44)26-30(50(4,5)6)27-42(37)53-47-32(36)17-13-18-35(47)46-48(53)33-15-9-11-19-38(33)51(46,7)8/h14,19-21,25-26,29-34,36-37,39,42,44-45H,9-13,15-18,22-24,27-28H2,1-8H3. The first-order chi connectivity index (χ1) is 25.8. The third-order valence-corrected chi connectivity index (χ3v) is 17.7. The largest absolute Gasteiger partial charge is 0.494 e. The lowest BCUT2D eigenvalue weighted by atomic mass is 9.64. The van der Waals surface area contributed by atoms with Crippen LogP contribution in [0, 0.1) is 52.3 Å². The van der Waals surface area contributed by atoms with Gasteiger partial charge in [0, 0.05) is 76.2 Å². The summed E-state index contributed by atoms with van der Waals surface area (Å²) in [5, 5.41) is 0. The molecule has 2 saturated heterocycles. The van der Waals surface area contributed by atoms with E-state index in [4.69, 9.17) is 4.74 Å². The maximum atomic E-state index is 6.97. The molecule has 1 aromatic heterocycles. The van der Waals surface area contributed by atoms with Crippen LogP contribution in [0.2, 0.25) is 0 Å². The van der Waals surface area contributed by atoms with Crippen molar-refractivity contribution >= 4 is 0 Å². The van der Waals surface area contributed by atoms with Gasteiger partial charge >= 0.3 is 0 Å². The molecule has 1 aromatic rings. The van der Waals surface area contributed by atoms with Crippen molar-refractivity contribution in [2.75, 3.05) is 0 Å². The molecule has 11 rings (SSSR count). The van der Waals surface area contributed by atoms with Gasteiger partial charge in [-0.05, 0) is 129 Å². The van der Waals surface area contributed by atoms with Gasteiger partial charge in [-0.2, -0.15) is 0 Å². The van der Waals surface area contributed by atoms with E-state index in [0.717, 1.165) is 12.3 Å². The monoisotopic (exact) mass is 727 g/mol. The van der Waals surface area contributed by atoms with Crippen LogP contribution in [0.25, 0.3) is 0 Å². The van der Waals surface area contributed by atoms with Crippen LogP contribution in [-0.4, -0.2) is 21.6 Å². The van der Waals surface area contributed by atoms with Gasteiger partial charge in [0.2, 0.25) is 0 Å². The van der Waals surface area contributed by atoms with Gasteiger partial charge in [-0.1, -0.05) is 91.3 Å². The molecule has 290 valence electrons. The van der Waals surface area contributed by atoms with Gasteiger partial charge in [0.05, 0.1) is 11.8 Å². The Morgan fingerprint density at radius 2 is 1.48 bits per heavy atom. The first-order valence-corrected chi connectivity index (χ1v) is 23.1. The van der Waals surface area contributed by atoms with E-state index in [0.29, 0.717) is 65.5 Å². The number of hydrogen-bond acceptors (Lipinski definition) is 2. The van der Waals surface area contributed by atoms with Crippen molar-refractivity contribution in [3.05, 3.63) is 81.7 Å². The summed E-state index contributed by atoms with van der Waals surface area (Å²) in [5.74, 6) is 6.85. The van der Waals surface area contributed by atoms with Crippen molar-refractivity contribution in [2.24, 2.45) is 52.3 Å². The molecule has 0 aromatic carbocycles. The van der Waals surface area contributed by atoms with E-state index in [1.807, 2.05) is 22.5 Å². The molecule has 0 N–H and O–H groups in total. The summed E-state index contributed by atoms with van der Waals surface area (Å²) in [6.07, 6.45) is 34.8. The van der Waals surface area contributed by atoms with Crippen LogP contribution in [-0.2, 0) is 16.6 Å². The van der Waals surface area contributed by atoms with Crippen molar-refractivity contribution in [1.29, 1.82) is 0 Å².